The topological polar surface area (TPSA) is 103 Å². The Bertz CT molecular complexity index is 1220. The van der Waals surface area contributed by atoms with Crippen molar-refractivity contribution in [1.82, 2.24) is 19.8 Å². The van der Waals surface area contributed by atoms with E-state index in [-0.39, 0.29) is 12.5 Å². The van der Waals surface area contributed by atoms with Crippen molar-refractivity contribution in [1.29, 1.82) is 0 Å². The fourth-order valence-corrected chi connectivity index (χ4v) is 5.17. The molecule has 0 spiro atoms. The molecule has 0 aliphatic carbocycles. The van der Waals surface area contributed by atoms with Crippen LogP contribution < -0.4 is 20.9 Å². The summed E-state index contributed by atoms with van der Waals surface area (Å²) < 4.78 is 5.45. The molecule has 2 saturated heterocycles. The molecule has 3 N–H and O–H groups in total. The predicted molar refractivity (Wildman–Crippen MR) is 160 cm³/mol. The number of carbonyl (C=O) groups excluding carboxylic acids is 1. The van der Waals surface area contributed by atoms with Crippen LogP contribution in [0.3, 0.4) is 0 Å². The molecule has 0 bridgehead atoms. The van der Waals surface area contributed by atoms with Gasteiger partial charge in [-0.05, 0) is 62.5 Å². The van der Waals surface area contributed by atoms with Crippen molar-refractivity contribution in [2.45, 2.75) is 6.42 Å². The van der Waals surface area contributed by atoms with Gasteiger partial charge in [-0.15, -0.1) is 0 Å². The molecule has 212 valence electrons. The average Bonchev–Trinajstić information content (AvgIpc) is 2.98. The lowest BCUT2D eigenvalue weighted by Gasteiger charge is -2.33. The number of nitrogens with zero attached hydrogens (tertiary/aromatic N) is 6. The number of morpholine rings is 1. The van der Waals surface area contributed by atoms with Gasteiger partial charge in [0.05, 0.1) is 25.5 Å². The Hall–Kier alpha value is -3.73. The summed E-state index contributed by atoms with van der Waals surface area (Å²) in [5.41, 5.74) is 10.5. The molecular weight excluding hydrogens is 504 g/mol. The largest absolute Gasteiger partial charge is 0.378 e. The van der Waals surface area contributed by atoms with E-state index >= 15 is 0 Å². The van der Waals surface area contributed by atoms with Crippen LogP contribution in [0.1, 0.15) is 6.42 Å². The Morgan fingerprint density at radius 2 is 1.70 bits per heavy atom. The lowest BCUT2D eigenvalue weighted by Crippen LogP contribution is -2.45. The number of nitrogens with one attached hydrogen (secondary N) is 1. The van der Waals surface area contributed by atoms with E-state index in [0.29, 0.717) is 5.95 Å². The summed E-state index contributed by atoms with van der Waals surface area (Å²) >= 11 is 0. The summed E-state index contributed by atoms with van der Waals surface area (Å²) in [6.07, 6.45) is 2.74. The zero-order chi connectivity index (χ0) is 27.7. The number of primary amides is 1. The maximum Gasteiger partial charge on any atom is 0.236 e. The molecule has 0 atom stereocenters. The minimum absolute atomic E-state index is 0.202. The van der Waals surface area contributed by atoms with E-state index < -0.39 is 0 Å². The number of hydrogen-bond donors (Lipinski definition) is 2. The first-order chi connectivity index (χ1) is 19.5. The molecule has 10 heteroatoms. The molecule has 2 aliphatic heterocycles. The van der Waals surface area contributed by atoms with Gasteiger partial charge in [0.2, 0.25) is 11.9 Å². The maximum atomic E-state index is 11.8. The molecule has 3 heterocycles. The number of rotatable bonds is 11. The second kappa shape index (κ2) is 13.6. The third-order valence-electron chi connectivity index (χ3n) is 7.53. The van der Waals surface area contributed by atoms with Gasteiger partial charge < -0.3 is 35.4 Å². The Morgan fingerprint density at radius 1 is 0.975 bits per heavy atom. The highest BCUT2D eigenvalue weighted by molar-refractivity contribution is 5.79. The summed E-state index contributed by atoms with van der Waals surface area (Å²) in [6, 6.07) is 18.4. The van der Waals surface area contributed by atoms with Crippen LogP contribution in [-0.4, -0.2) is 105 Å². The molecule has 2 fully saturated rings. The van der Waals surface area contributed by atoms with Gasteiger partial charge in [0.15, 0.2) is 0 Å². The van der Waals surface area contributed by atoms with Gasteiger partial charge in [0, 0.05) is 74.6 Å². The van der Waals surface area contributed by atoms with Crippen LogP contribution in [0.4, 0.5) is 23.0 Å². The lowest BCUT2D eigenvalue weighted by atomic mass is 10.1. The molecule has 5 rings (SSSR count). The Morgan fingerprint density at radius 3 is 2.40 bits per heavy atom. The van der Waals surface area contributed by atoms with Crippen molar-refractivity contribution in [2.24, 2.45) is 5.73 Å². The number of benzene rings is 2. The first-order valence-corrected chi connectivity index (χ1v) is 14.1. The van der Waals surface area contributed by atoms with Crippen LogP contribution >= 0.6 is 0 Å². The van der Waals surface area contributed by atoms with E-state index in [1.807, 2.05) is 42.5 Å². The number of piperazine rings is 1. The molecule has 0 radical (unpaired) electrons. The van der Waals surface area contributed by atoms with E-state index in [2.05, 4.69) is 49.1 Å². The normalized spacial score (nSPS) is 16.6. The zero-order valence-electron chi connectivity index (χ0n) is 23.3. The van der Waals surface area contributed by atoms with Gasteiger partial charge in [-0.1, -0.05) is 12.1 Å². The van der Waals surface area contributed by atoms with E-state index in [0.717, 1.165) is 94.6 Å². The number of amides is 1. The first-order valence-electron chi connectivity index (χ1n) is 14.1. The number of carbonyl (C=O) groups is 1. The highest BCUT2D eigenvalue weighted by atomic mass is 16.5. The molecular formula is C30H40N8O2. The Kier molecular flexibility index (Phi) is 9.43. The smallest absolute Gasteiger partial charge is 0.236 e. The number of likely N-dealkylation sites (N-methyl/N-ethyl adjacent to an activating group) is 1. The lowest BCUT2D eigenvalue weighted by molar-refractivity contribution is -0.116. The fraction of sp³-hybridized carbons (Fsp3) is 0.433. The van der Waals surface area contributed by atoms with E-state index in [1.54, 1.807) is 6.20 Å². The highest BCUT2D eigenvalue weighted by Gasteiger charge is 2.15. The second-order valence-electron chi connectivity index (χ2n) is 10.5. The summed E-state index contributed by atoms with van der Waals surface area (Å²) in [6.45, 7) is 9.75. The molecule has 2 aliphatic rings. The third-order valence-corrected chi connectivity index (χ3v) is 7.53. The number of hydrogen-bond acceptors (Lipinski definition) is 9. The molecule has 2 aromatic carbocycles. The molecule has 3 aromatic rings. The summed E-state index contributed by atoms with van der Waals surface area (Å²) in [5.74, 6) is 0.216. The molecule has 40 heavy (non-hydrogen) atoms. The third kappa shape index (κ3) is 7.68. The molecule has 0 unspecified atom stereocenters. The van der Waals surface area contributed by atoms with Crippen molar-refractivity contribution >= 4 is 28.9 Å². The number of ether oxygens (including phenoxy) is 1. The Balaban J connectivity index is 1.20. The quantitative estimate of drug-likeness (QED) is 0.377. The Labute approximate surface area is 236 Å². The van der Waals surface area contributed by atoms with Gasteiger partial charge >= 0.3 is 0 Å². The predicted octanol–water partition coefficient (Wildman–Crippen LogP) is 2.65. The van der Waals surface area contributed by atoms with Crippen molar-refractivity contribution in [3.8, 4) is 11.3 Å². The number of nitrogens with two attached hydrogens (primary N) is 1. The van der Waals surface area contributed by atoms with Gasteiger partial charge in [-0.25, -0.2) is 9.97 Å². The monoisotopic (exact) mass is 544 g/mol. The fourth-order valence-electron chi connectivity index (χ4n) is 5.17. The standard InChI is InChI=1S/C30H40N8O2/c1-35-15-17-36(18-16-35)13-2-14-38(23-29(31)39)27-7-3-24(4-8-27)28-11-12-32-30(34-28)33-25-5-9-26(10-6-25)37-19-21-40-22-20-37/h3-12H,2,13-23H2,1H3,(H2,31,39)(H,32,33,34). The van der Waals surface area contributed by atoms with Crippen LogP contribution in [0.5, 0.6) is 0 Å². The van der Waals surface area contributed by atoms with Crippen LogP contribution in [0, 0.1) is 0 Å². The number of aromatic nitrogens is 2. The molecule has 0 saturated carbocycles. The first kappa shape index (κ1) is 27.8. The summed E-state index contributed by atoms with van der Waals surface area (Å²) in [4.78, 5) is 30.2. The van der Waals surface area contributed by atoms with Gasteiger partial charge in [-0.2, -0.15) is 0 Å². The van der Waals surface area contributed by atoms with Crippen LogP contribution in [-0.2, 0) is 9.53 Å². The minimum Gasteiger partial charge on any atom is -0.378 e. The van der Waals surface area contributed by atoms with Crippen LogP contribution in [0.2, 0.25) is 0 Å². The summed E-state index contributed by atoms with van der Waals surface area (Å²) in [5, 5.41) is 3.32. The van der Waals surface area contributed by atoms with E-state index in [9.17, 15) is 4.79 Å². The van der Waals surface area contributed by atoms with Crippen molar-refractivity contribution < 1.29 is 9.53 Å². The van der Waals surface area contributed by atoms with Crippen molar-refractivity contribution in [2.75, 3.05) is 94.3 Å². The minimum atomic E-state index is -0.326. The van der Waals surface area contributed by atoms with Gasteiger partial charge in [0.25, 0.3) is 0 Å². The second-order valence-corrected chi connectivity index (χ2v) is 10.5. The van der Waals surface area contributed by atoms with Crippen LogP contribution in [0.25, 0.3) is 11.3 Å². The van der Waals surface area contributed by atoms with Crippen molar-refractivity contribution in [3.63, 3.8) is 0 Å². The highest BCUT2D eigenvalue weighted by Crippen LogP contribution is 2.25. The van der Waals surface area contributed by atoms with Gasteiger partial charge in [0.1, 0.15) is 0 Å². The molecule has 1 amide bonds. The average molecular weight is 545 g/mol. The maximum absolute atomic E-state index is 11.8. The zero-order valence-corrected chi connectivity index (χ0v) is 23.3. The van der Waals surface area contributed by atoms with Crippen molar-refractivity contribution in [3.05, 3.63) is 60.8 Å². The summed E-state index contributed by atoms with van der Waals surface area (Å²) in [7, 11) is 2.17. The van der Waals surface area contributed by atoms with E-state index in [4.69, 9.17) is 15.5 Å². The van der Waals surface area contributed by atoms with Gasteiger partial charge in [-0.3, -0.25) is 4.79 Å². The molecule has 10 nitrogen and oxygen atoms in total. The number of anilines is 4. The van der Waals surface area contributed by atoms with Crippen LogP contribution in [0.15, 0.2) is 60.8 Å². The molecule has 1 aromatic heterocycles. The SMILES string of the molecule is CN1CCN(CCCN(CC(N)=O)c2ccc(-c3ccnc(Nc4ccc(N5CCOCC5)cc4)n3)cc2)CC1. The van der Waals surface area contributed by atoms with E-state index in [1.165, 1.54) is 5.69 Å².